The first-order valence-corrected chi connectivity index (χ1v) is 8.63. The van der Waals surface area contributed by atoms with Crippen LogP contribution in [0.4, 0.5) is 4.79 Å². The van der Waals surface area contributed by atoms with E-state index < -0.39 is 34.5 Å². The van der Waals surface area contributed by atoms with Gasteiger partial charge >= 0.3 is 12.0 Å². The number of urea groups is 1. The number of nitrogens with one attached hydrogen (secondary N) is 3. The number of hydrogen-bond acceptors (Lipinski definition) is 6. The first-order valence-electron chi connectivity index (χ1n) is 7.14. The highest BCUT2D eigenvalue weighted by molar-refractivity contribution is 7.89. The van der Waals surface area contributed by atoms with Gasteiger partial charge in [0.05, 0.1) is 10.5 Å². The Bertz CT molecular complexity index is 700. The molecule has 0 aromatic heterocycles. The fourth-order valence-corrected chi connectivity index (χ4v) is 2.67. The van der Waals surface area contributed by atoms with E-state index in [9.17, 15) is 22.8 Å². The molecule has 0 saturated heterocycles. The zero-order valence-electron chi connectivity index (χ0n) is 13.3. The number of carbonyl (C=O) groups excluding carboxylic acids is 3. The van der Waals surface area contributed by atoms with Crippen LogP contribution in [0.3, 0.4) is 0 Å². The zero-order valence-corrected chi connectivity index (χ0v) is 14.1. The summed E-state index contributed by atoms with van der Waals surface area (Å²) >= 11 is 0. The highest BCUT2D eigenvalue weighted by atomic mass is 32.2. The van der Waals surface area contributed by atoms with Crippen molar-refractivity contribution >= 4 is 27.9 Å². The summed E-state index contributed by atoms with van der Waals surface area (Å²) in [6.07, 6.45) is 0. The highest BCUT2D eigenvalue weighted by Crippen LogP contribution is 2.11. The Morgan fingerprint density at radius 2 is 1.67 bits per heavy atom. The molecule has 0 atom stereocenters. The van der Waals surface area contributed by atoms with Gasteiger partial charge < -0.3 is 10.1 Å². The summed E-state index contributed by atoms with van der Waals surface area (Å²) in [6.45, 7) is 3.29. The second-order valence-electron chi connectivity index (χ2n) is 4.51. The Labute approximate surface area is 139 Å². The van der Waals surface area contributed by atoms with Crippen molar-refractivity contribution in [3.8, 4) is 0 Å². The zero-order chi connectivity index (χ0) is 18.2. The van der Waals surface area contributed by atoms with E-state index in [1.165, 1.54) is 24.3 Å². The molecule has 0 aliphatic heterocycles. The fraction of sp³-hybridized carbons (Fsp3) is 0.357. The van der Waals surface area contributed by atoms with E-state index in [2.05, 4.69) is 10.0 Å². The molecule has 0 bridgehead atoms. The molecule has 0 aliphatic rings. The van der Waals surface area contributed by atoms with Gasteiger partial charge in [-0.05, 0) is 31.2 Å². The lowest BCUT2D eigenvalue weighted by Gasteiger charge is -2.07. The molecule has 1 rings (SSSR count). The monoisotopic (exact) mass is 357 g/mol. The van der Waals surface area contributed by atoms with Gasteiger partial charge in [-0.2, -0.15) is 0 Å². The minimum atomic E-state index is -3.61. The van der Waals surface area contributed by atoms with Crippen LogP contribution in [-0.2, 0) is 19.6 Å². The highest BCUT2D eigenvalue weighted by Gasteiger charge is 2.15. The fourth-order valence-electron chi connectivity index (χ4n) is 1.63. The molecule has 0 fully saturated rings. The second-order valence-corrected chi connectivity index (χ2v) is 6.28. The van der Waals surface area contributed by atoms with Crippen molar-refractivity contribution in [3.05, 3.63) is 29.8 Å². The SMILES string of the molecule is CCNC(=O)NC(=O)COC(=O)c1ccc(S(=O)(=O)NCC)cc1. The number of sulfonamides is 1. The molecular formula is C14H19N3O6S. The van der Waals surface area contributed by atoms with Gasteiger partial charge in [0.25, 0.3) is 5.91 Å². The molecule has 3 amide bonds. The molecule has 0 radical (unpaired) electrons. The number of hydrogen-bond donors (Lipinski definition) is 3. The standard InChI is InChI=1S/C14H19N3O6S/c1-3-15-14(20)17-12(18)9-23-13(19)10-5-7-11(8-6-10)24(21,22)16-4-2/h5-8,16H,3-4,9H2,1-2H3,(H2,15,17,18,20). The number of carbonyl (C=O) groups is 3. The van der Waals surface area contributed by atoms with E-state index in [1.54, 1.807) is 13.8 Å². The third kappa shape index (κ3) is 5.97. The van der Waals surface area contributed by atoms with E-state index in [0.717, 1.165) is 0 Å². The molecule has 0 saturated carbocycles. The second kappa shape index (κ2) is 8.99. The maximum absolute atomic E-state index is 11.8. The average molecular weight is 357 g/mol. The Morgan fingerprint density at radius 3 is 2.21 bits per heavy atom. The Balaban J connectivity index is 2.60. The van der Waals surface area contributed by atoms with E-state index in [0.29, 0.717) is 6.54 Å². The molecule has 24 heavy (non-hydrogen) atoms. The van der Waals surface area contributed by atoms with E-state index >= 15 is 0 Å². The quantitative estimate of drug-likeness (QED) is 0.588. The van der Waals surface area contributed by atoms with Crippen LogP contribution in [0.15, 0.2) is 29.2 Å². The molecule has 0 heterocycles. The maximum atomic E-state index is 11.8. The molecule has 0 unspecified atom stereocenters. The average Bonchev–Trinajstić information content (AvgIpc) is 2.53. The first kappa shape index (κ1) is 19.6. The predicted octanol–water partition coefficient (Wildman–Crippen LogP) is -0.0127. The Kier molecular flexibility index (Phi) is 7.33. The van der Waals surface area contributed by atoms with Crippen LogP contribution in [0.1, 0.15) is 24.2 Å². The summed E-state index contributed by atoms with van der Waals surface area (Å²) in [5.74, 6) is -1.59. The summed E-state index contributed by atoms with van der Waals surface area (Å²) < 4.78 is 30.6. The van der Waals surface area contributed by atoms with Crippen molar-refractivity contribution in [1.82, 2.24) is 15.4 Å². The molecule has 132 valence electrons. The summed E-state index contributed by atoms with van der Waals surface area (Å²) in [7, 11) is -3.61. The van der Waals surface area contributed by atoms with Crippen molar-refractivity contribution in [1.29, 1.82) is 0 Å². The smallest absolute Gasteiger partial charge is 0.338 e. The lowest BCUT2D eigenvalue weighted by Crippen LogP contribution is -2.41. The number of ether oxygens (including phenoxy) is 1. The lowest BCUT2D eigenvalue weighted by atomic mass is 10.2. The van der Waals surface area contributed by atoms with E-state index in [1.807, 2.05) is 5.32 Å². The van der Waals surface area contributed by atoms with Crippen LogP contribution in [0.5, 0.6) is 0 Å². The normalized spacial score (nSPS) is 10.8. The third-order valence-corrected chi connectivity index (χ3v) is 4.22. The van der Waals surface area contributed by atoms with Gasteiger partial charge in [-0.1, -0.05) is 6.92 Å². The van der Waals surface area contributed by atoms with Crippen molar-refractivity contribution in [2.45, 2.75) is 18.7 Å². The summed E-state index contributed by atoms with van der Waals surface area (Å²) in [6, 6.07) is 4.37. The molecule has 10 heteroatoms. The number of imide groups is 1. The number of benzene rings is 1. The van der Waals surface area contributed by atoms with Crippen LogP contribution < -0.4 is 15.4 Å². The first-order chi connectivity index (χ1) is 11.3. The summed E-state index contributed by atoms with van der Waals surface area (Å²) in [4.78, 5) is 34.3. The molecule has 0 spiro atoms. The molecule has 0 aliphatic carbocycles. The Hall–Kier alpha value is -2.46. The van der Waals surface area contributed by atoms with Crippen LogP contribution in [0.25, 0.3) is 0 Å². The minimum absolute atomic E-state index is 0.00915. The van der Waals surface area contributed by atoms with Gasteiger partial charge in [-0.25, -0.2) is 22.7 Å². The number of amides is 3. The third-order valence-electron chi connectivity index (χ3n) is 2.66. The van der Waals surface area contributed by atoms with Crippen LogP contribution in [0.2, 0.25) is 0 Å². The van der Waals surface area contributed by atoms with Gasteiger partial charge in [0, 0.05) is 13.1 Å². The van der Waals surface area contributed by atoms with Crippen molar-refractivity contribution in [2.75, 3.05) is 19.7 Å². The van der Waals surface area contributed by atoms with Gasteiger partial charge in [0.1, 0.15) is 0 Å². The Morgan fingerprint density at radius 1 is 1.04 bits per heavy atom. The molecule has 1 aromatic carbocycles. The molecular weight excluding hydrogens is 338 g/mol. The van der Waals surface area contributed by atoms with Gasteiger partial charge in [-0.3, -0.25) is 10.1 Å². The van der Waals surface area contributed by atoms with Crippen molar-refractivity contribution in [2.24, 2.45) is 0 Å². The largest absolute Gasteiger partial charge is 0.452 e. The molecule has 9 nitrogen and oxygen atoms in total. The summed E-state index contributed by atoms with van der Waals surface area (Å²) in [5, 5.41) is 4.33. The minimum Gasteiger partial charge on any atom is -0.452 e. The van der Waals surface area contributed by atoms with Crippen LogP contribution in [0, 0.1) is 0 Å². The van der Waals surface area contributed by atoms with Gasteiger partial charge in [0.2, 0.25) is 10.0 Å². The topological polar surface area (TPSA) is 131 Å². The molecule has 3 N–H and O–H groups in total. The number of esters is 1. The van der Waals surface area contributed by atoms with E-state index in [4.69, 9.17) is 4.74 Å². The molecule has 1 aromatic rings. The number of rotatable bonds is 7. The van der Waals surface area contributed by atoms with E-state index in [-0.39, 0.29) is 17.0 Å². The van der Waals surface area contributed by atoms with Crippen molar-refractivity contribution in [3.63, 3.8) is 0 Å². The summed E-state index contributed by atoms with van der Waals surface area (Å²) in [5.41, 5.74) is 0.0799. The lowest BCUT2D eigenvalue weighted by molar-refractivity contribution is -0.123. The van der Waals surface area contributed by atoms with Crippen LogP contribution >= 0.6 is 0 Å². The van der Waals surface area contributed by atoms with Crippen LogP contribution in [-0.4, -0.2) is 46.0 Å². The van der Waals surface area contributed by atoms with Crippen molar-refractivity contribution < 1.29 is 27.5 Å². The van der Waals surface area contributed by atoms with Gasteiger partial charge in [0.15, 0.2) is 6.61 Å². The maximum Gasteiger partial charge on any atom is 0.338 e. The predicted molar refractivity (Wildman–Crippen MR) is 84.8 cm³/mol. The van der Waals surface area contributed by atoms with Gasteiger partial charge in [-0.15, -0.1) is 0 Å².